The van der Waals surface area contributed by atoms with Crippen LogP contribution in [-0.2, 0) is 0 Å². The zero-order valence-electron chi connectivity index (χ0n) is 11.8. The standard InChI is InChI=1S/C14H11N5O4/c20-11-4-3-9(16-17-11)14(21)19-6-8(7-19)13-15-12(18-23-13)10-2-1-5-22-10/h1-5,8H,6-7H2,(H,17,20). The van der Waals surface area contributed by atoms with Gasteiger partial charge in [-0.25, -0.2) is 5.10 Å². The molecule has 1 N–H and O–H groups in total. The first kappa shape index (κ1) is 13.4. The zero-order valence-corrected chi connectivity index (χ0v) is 11.8. The molecule has 9 heteroatoms. The fraction of sp³-hybridized carbons (Fsp3) is 0.214. The second kappa shape index (κ2) is 5.20. The van der Waals surface area contributed by atoms with E-state index in [4.69, 9.17) is 8.94 Å². The molecule has 4 heterocycles. The predicted octanol–water partition coefficient (Wildman–Crippen LogP) is 0.653. The molecule has 9 nitrogen and oxygen atoms in total. The second-order valence-electron chi connectivity index (χ2n) is 5.15. The third-order valence-corrected chi connectivity index (χ3v) is 3.60. The van der Waals surface area contributed by atoms with Gasteiger partial charge in [-0.05, 0) is 18.2 Å². The Bertz CT molecular complexity index is 872. The van der Waals surface area contributed by atoms with Gasteiger partial charge in [-0.1, -0.05) is 5.16 Å². The van der Waals surface area contributed by atoms with E-state index in [-0.39, 0.29) is 23.1 Å². The first-order valence-corrected chi connectivity index (χ1v) is 6.93. The maximum atomic E-state index is 12.2. The largest absolute Gasteiger partial charge is 0.461 e. The van der Waals surface area contributed by atoms with Gasteiger partial charge >= 0.3 is 0 Å². The van der Waals surface area contributed by atoms with Crippen molar-refractivity contribution in [3.05, 3.63) is 52.5 Å². The average molecular weight is 313 g/mol. The summed E-state index contributed by atoms with van der Waals surface area (Å²) < 4.78 is 10.4. The van der Waals surface area contributed by atoms with Crippen molar-refractivity contribution in [1.29, 1.82) is 0 Å². The van der Waals surface area contributed by atoms with Crippen LogP contribution in [0.2, 0.25) is 0 Å². The zero-order chi connectivity index (χ0) is 15.8. The Balaban J connectivity index is 1.42. The number of rotatable bonds is 3. The highest BCUT2D eigenvalue weighted by Gasteiger charge is 2.36. The van der Waals surface area contributed by atoms with E-state index >= 15 is 0 Å². The molecule has 0 spiro atoms. The molecular formula is C14H11N5O4. The van der Waals surface area contributed by atoms with Crippen molar-refractivity contribution in [2.45, 2.75) is 5.92 Å². The van der Waals surface area contributed by atoms with Gasteiger partial charge in [-0.3, -0.25) is 9.59 Å². The maximum Gasteiger partial charge on any atom is 0.274 e. The lowest BCUT2D eigenvalue weighted by molar-refractivity contribution is 0.0562. The molecule has 0 bridgehead atoms. The lowest BCUT2D eigenvalue weighted by Crippen LogP contribution is -2.49. The summed E-state index contributed by atoms with van der Waals surface area (Å²) >= 11 is 0. The molecule has 1 fully saturated rings. The van der Waals surface area contributed by atoms with E-state index in [1.54, 1.807) is 17.0 Å². The summed E-state index contributed by atoms with van der Waals surface area (Å²) in [6, 6.07) is 6.15. The number of likely N-dealkylation sites (tertiary alicyclic amines) is 1. The van der Waals surface area contributed by atoms with Crippen LogP contribution in [0, 0.1) is 0 Å². The molecule has 0 unspecified atom stereocenters. The number of hydrogen-bond acceptors (Lipinski definition) is 7. The van der Waals surface area contributed by atoms with E-state index in [1.165, 1.54) is 18.4 Å². The first-order chi connectivity index (χ1) is 11.2. The number of furan rings is 1. The molecule has 0 aliphatic carbocycles. The Morgan fingerprint density at radius 3 is 2.87 bits per heavy atom. The van der Waals surface area contributed by atoms with Crippen LogP contribution in [0.1, 0.15) is 22.3 Å². The number of H-pyrrole nitrogens is 1. The Morgan fingerprint density at radius 2 is 2.17 bits per heavy atom. The summed E-state index contributed by atoms with van der Waals surface area (Å²) in [4.78, 5) is 29.0. The number of nitrogens with zero attached hydrogens (tertiary/aromatic N) is 4. The molecule has 1 aliphatic rings. The molecule has 0 saturated carbocycles. The van der Waals surface area contributed by atoms with Crippen LogP contribution >= 0.6 is 0 Å². The van der Waals surface area contributed by atoms with Gasteiger partial charge in [0, 0.05) is 19.2 Å². The van der Waals surface area contributed by atoms with Crippen LogP contribution in [0.15, 0.2) is 44.3 Å². The number of hydrogen-bond donors (Lipinski definition) is 1. The van der Waals surface area contributed by atoms with Crippen LogP contribution in [0.5, 0.6) is 0 Å². The van der Waals surface area contributed by atoms with Gasteiger partial charge in [0.1, 0.15) is 5.69 Å². The highest BCUT2D eigenvalue weighted by molar-refractivity contribution is 5.92. The van der Waals surface area contributed by atoms with E-state index in [9.17, 15) is 9.59 Å². The number of carbonyl (C=O) groups is 1. The highest BCUT2D eigenvalue weighted by atomic mass is 16.5. The lowest BCUT2D eigenvalue weighted by Gasteiger charge is -2.36. The van der Waals surface area contributed by atoms with Gasteiger partial charge in [0.2, 0.25) is 11.7 Å². The third kappa shape index (κ3) is 2.41. The summed E-state index contributed by atoms with van der Waals surface area (Å²) in [7, 11) is 0. The minimum Gasteiger partial charge on any atom is -0.461 e. The van der Waals surface area contributed by atoms with Crippen LogP contribution < -0.4 is 5.56 Å². The molecule has 116 valence electrons. The van der Waals surface area contributed by atoms with Crippen molar-refractivity contribution in [3.63, 3.8) is 0 Å². The normalized spacial score (nSPS) is 14.7. The molecule has 4 rings (SSSR count). The summed E-state index contributed by atoms with van der Waals surface area (Å²) in [5.41, 5.74) is -0.149. The number of carbonyl (C=O) groups excluding carboxylic acids is 1. The van der Waals surface area contributed by atoms with Crippen molar-refractivity contribution in [3.8, 4) is 11.6 Å². The minimum absolute atomic E-state index is 0.0158. The molecule has 23 heavy (non-hydrogen) atoms. The molecule has 3 aromatic heterocycles. The lowest BCUT2D eigenvalue weighted by atomic mass is 9.99. The van der Waals surface area contributed by atoms with E-state index in [0.717, 1.165) is 0 Å². The fourth-order valence-corrected chi connectivity index (χ4v) is 2.33. The maximum absolute atomic E-state index is 12.2. The molecular weight excluding hydrogens is 302 g/mol. The summed E-state index contributed by atoms with van der Waals surface area (Å²) in [6.45, 7) is 0.916. The molecule has 1 aliphatic heterocycles. The topological polar surface area (TPSA) is 118 Å². The van der Waals surface area contributed by atoms with Crippen LogP contribution in [0.25, 0.3) is 11.6 Å². The van der Waals surface area contributed by atoms with Gasteiger partial charge < -0.3 is 13.8 Å². The number of aromatic amines is 1. The smallest absolute Gasteiger partial charge is 0.274 e. The van der Waals surface area contributed by atoms with Crippen LogP contribution in [0.3, 0.4) is 0 Å². The van der Waals surface area contributed by atoms with E-state index in [2.05, 4.69) is 20.3 Å². The van der Waals surface area contributed by atoms with Crippen molar-refractivity contribution >= 4 is 5.91 Å². The summed E-state index contributed by atoms with van der Waals surface area (Å²) in [5, 5.41) is 9.83. The van der Waals surface area contributed by atoms with Crippen molar-refractivity contribution in [1.82, 2.24) is 25.2 Å². The van der Waals surface area contributed by atoms with Crippen molar-refractivity contribution in [2.75, 3.05) is 13.1 Å². The molecule has 0 atom stereocenters. The van der Waals surface area contributed by atoms with Crippen molar-refractivity contribution in [2.24, 2.45) is 0 Å². The molecule has 1 saturated heterocycles. The van der Waals surface area contributed by atoms with Gasteiger partial charge in [-0.2, -0.15) is 10.1 Å². The number of nitrogens with one attached hydrogen (secondary N) is 1. The summed E-state index contributed by atoms with van der Waals surface area (Å²) in [5.74, 6) is 1.12. The van der Waals surface area contributed by atoms with E-state index in [1.807, 2.05) is 0 Å². The van der Waals surface area contributed by atoms with Crippen molar-refractivity contribution < 1.29 is 13.7 Å². The highest BCUT2D eigenvalue weighted by Crippen LogP contribution is 2.28. The Labute approximate surface area is 128 Å². The fourth-order valence-electron chi connectivity index (χ4n) is 2.33. The van der Waals surface area contributed by atoms with Gasteiger partial charge in [0.15, 0.2) is 5.76 Å². The quantitative estimate of drug-likeness (QED) is 0.754. The van der Waals surface area contributed by atoms with Crippen LogP contribution in [0.4, 0.5) is 0 Å². The average Bonchev–Trinajstić information content (AvgIpc) is 3.17. The van der Waals surface area contributed by atoms with E-state index < -0.39 is 0 Å². The monoisotopic (exact) mass is 313 g/mol. The summed E-state index contributed by atoms with van der Waals surface area (Å²) in [6.07, 6.45) is 1.53. The molecule has 3 aromatic rings. The first-order valence-electron chi connectivity index (χ1n) is 6.93. The third-order valence-electron chi connectivity index (χ3n) is 3.60. The molecule has 0 aromatic carbocycles. The Morgan fingerprint density at radius 1 is 1.30 bits per heavy atom. The Hall–Kier alpha value is -3.23. The van der Waals surface area contributed by atoms with E-state index in [0.29, 0.717) is 30.6 Å². The second-order valence-corrected chi connectivity index (χ2v) is 5.15. The molecule has 1 amide bonds. The number of amides is 1. The predicted molar refractivity (Wildman–Crippen MR) is 75.5 cm³/mol. The van der Waals surface area contributed by atoms with Crippen LogP contribution in [-0.4, -0.2) is 44.2 Å². The Kier molecular flexibility index (Phi) is 3.04. The van der Waals surface area contributed by atoms with Gasteiger partial charge in [-0.15, -0.1) is 0 Å². The number of aromatic nitrogens is 4. The minimum atomic E-state index is -0.348. The SMILES string of the molecule is O=C(c1ccc(=O)[nH]n1)N1CC(c2nc(-c3ccco3)no2)C1. The van der Waals surface area contributed by atoms with Gasteiger partial charge in [0.25, 0.3) is 11.5 Å². The molecule has 0 radical (unpaired) electrons. The van der Waals surface area contributed by atoms with Gasteiger partial charge in [0.05, 0.1) is 12.2 Å².